The maximum Gasteiger partial charge on any atom is 0.313 e. The van der Waals surface area contributed by atoms with E-state index in [1.165, 1.54) is 0 Å². The normalized spacial score (nSPS) is 10.0. The molecule has 1 heterocycles. The van der Waals surface area contributed by atoms with E-state index in [-0.39, 0.29) is 19.2 Å². The van der Waals surface area contributed by atoms with E-state index < -0.39 is 5.97 Å². The van der Waals surface area contributed by atoms with E-state index in [9.17, 15) is 9.59 Å². The number of carbonyl (C=O) groups is 2. The Morgan fingerprint density at radius 2 is 1.95 bits per heavy atom. The van der Waals surface area contributed by atoms with Crippen molar-refractivity contribution in [3.8, 4) is 0 Å². The average Bonchev–Trinajstić information content (AvgIpc) is 2.39. The van der Waals surface area contributed by atoms with Crippen molar-refractivity contribution in [3.05, 3.63) is 29.6 Å². The molecular weight excluding hydrogens is 246 g/mol. The fourth-order valence-corrected chi connectivity index (χ4v) is 1.49. The third kappa shape index (κ3) is 5.99. The molecule has 0 aliphatic carbocycles. The summed E-state index contributed by atoms with van der Waals surface area (Å²) in [5.74, 6) is -0.773. The van der Waals surface area contributed by atoms with Crippen LogP contribution in [0.5, 0.6) is 0 Å². The molecule has 19 heavy (non-hydrogen) atoms. The van der Waals surface area contributed by atoms with Crippen molar-refractivity contribution < 1.29 is 19.1 Å². The summed E-state index contributed by atoms with van der Waals surface area (Å²) in [5, 5.41) is 0. The van der Waals surface area contributed by atoms with E-state index in [0.717, 1.165) is 17.7 Å². The van der Waals surface area contributed by atoms with Crippen LogP contribution in [0.3, 0.4) is 0 Å². The van der Waals surface area contributed by atoms with Crippen molar-refractivity contribution in [3.63, 3.8) is 0 Å². The Balaban J connectivity index is 2.32. The van der Waals surface area contributed by atoms with E-state index >= 15 is 0 Å². The third-order valence-corrected chi connectivity index (χ3v) is 2.49. The molecule has 5 heteroatoms. The monoisotopic (exact) mass is 265 g/mol. The first-order chi connectivity index (χ1) is 9.15. The Labute approximate surface area is 112 Å². The molecule has 0 atom stereocenters. The van der Waals surface area contributed by atoms with Crippen LogP contribution in [0.25, 0.3) is 0 Å². The Kier molecular flexibility index (Phi) is 6.57. The lowest BCUT2D eigenvalue weighted by Gasteiger charge is -2.06. The summed E-state index contributed by atoms with van der Waals surface area (Å²) in [7, 11) is 0. The number of hydrogen-bond donors (Lipinski definition) is 0. The largest absolute Gasteiger partial charge is 0.428 e. The highest BCUT2D eigenvalue weighted by Gasteiger charge is 2.07. The topological polar surface area (TPSA) is 65.5 Å². The third-order valence-electron chi connectivity index (χ3n) is 2.49. The first kappa shape index (κ1) is 15.1. The van der Waals surface area contributed by atoms with E-state index in [1.807, 2.05) is 19.9 Å². The molecule has 0 radical (unpaired) electrons. The van der Waals surface area contributed by atoms with Crippen molar-refractivity contribution in [1.82, 2.24) is 4.98 Å². The molecule has 0 aliphatic rings. The van der Waals surface area contributed by atoms with Gasteiger partial charge in [0, 0.05) is 18.3 Å². The van der Waals surface area contributed by atoms with Gasteiger partial charge in [0.05, 0.1) is 6.42 Å². The quantitative estimate of drug-likeness (QED) is 0.557. The highest BCUT2D eigenvalue weighted by atomic mass is 16.7. The maximum atomic E-state index is 11.5. The number of aromatic nitrogens is 1. The Bertz CT molecular complexity index is 431. The van der Waals surface area contributed by atoms with Crippen LogP contribution < -0.4 is 0 Å². The van der Waals surface area contributed by atoms with Gasteiger partial charge in [0.25, 0.3) is 0 Å². The summed E-state index contributed by atoms with van der Waals surface area (Å²) in [6.45, 7) is 3.56. The van der Waals surface area contributed by atoms with Crippen LogP contribution >= 0.6 is 0 Å². The molecule has 5 nitrogen and oxygen atoms in total. The minimum absolute atomic E-state index is 0.154. The summed E-state index contributed by atoms with van der Waals surface area (Å²) in [5.41, 5.74) is 1.77. The number of hydrogen-bond acceptors (Lipinski definition) is 5. The zero-order valence-electron chi connectivity index (χ0n) is 11.3. The summed E-state index contributed by atoms with van der Waals surface area (Å²) < 4.78 is 9.58. The van der Waals surface area contributed by atoms with Crippen LogP contribution in [-0.4, -0.2) is 23.7 Å². The van der Waals surface area contributed by atoms with E-state index in [4.69, 9.17) is 9.47 Å². The number of aryl methyl sites for hydroxylation is 1. The van der Waals surface area contributed by atoms with Gasteiger partial charge in [-0.25, -0.2) is 0 Å². The first-order valence-corrected chi connectivity index (χ1v) is 6.40. The predicted molar refractivity (Wildman–Crippen MR) is 69.3 cm³/mol. The summed E-state index contributed by atoms with van der Waals surface area (Å²) in [6, 6.07) is 3.63. The lowest BCUT2D eigenvalue weighted by Crippen LogP contribution is -2.14. The molecule has 0 unspecified atom stereocenters. The van der Waals surface area contributed by atoms with Gasteiger partial charge in [-0.05, 0) is 30.5 Å². The van der Waals surface area contributed by atoms with Crippen molar-refractivity contribution in [1.29, 1.82) is 0 Å². The SMILES string of the molecule is CCCC(=O)OCOC(=O)Cc1ccnc(CC)c1. The van der Waals surface area contributed by atoms with E-state index in [0.29, 0.717) is 12.8 Å². The average molecular weight is 265 g/mol. The van der Waals surface area contributed by atoms with Crippen LogP contribution in [-0.2, 0) is 31.9 Å². The van der Waals surface area contributed by atoms with Crippen LogP contribution in [0.4, 0.5) is 0 Å². The van der Waals surface area contributed by atoms with Crippen molar-refractivity contribution in [2.24, 2.45) is 0 Å². The number of pyridine rings is 1. The fraction of sp³-hybridized carbons (Fsp3) is 0.500. The second kappa shape index (κ2) is 8.24. The Hall–Kier alpha value is -1.91. The van der Waals surface area contributed by atoms with Gasteiger partial charge in [0.1, 0.15) is 0 Å². The van der Waals surface area contributed by atoms with Gasteiger partial charge in [-0.1, -0.05) is 13.8 Å². The van der Waals surface area contributed by atoms with Gasteiger partial charge < -0.3 is 9.47 Å². The number of nitrogens with zero attached hydrogens (tertiary/aromatic N) is 1. The van der Waals surface area contributed by atoms with Crippen molar-refractivity contribution >= 4 is 11.9 Å². The molecule has 104 valence electrons. The molecule has 1 rings (SSSR count). The standard InChI is InChI=1S/C14H19NO4/c1-3-5-13(16)18-10-19-14(17)9-11-6-7-15-12(4-2)8-11/h6-8H,3-5,9-10H2,1-2H3. The predicted octanol–water partition coefficient (Wildman–Crippen LogP) is 2.03. The number of carbonyl (C=O) groups excluding carboxylic acids is 2. The van der Waals surface area contributed by atoms with E-state index in [2.05, 4.69) is 4.98 Å². The lowest BCUT2D eigenvalue weighted by molar-refractivity contribution is -0.166. The second-order valence-corrected chi connectivity index (χ2v) is 4.09. The molecule has 0 bridgehead atoms. The second-order valence-electron chi connectivity index (χ2n) is 4.09. The highest BCUT2D eigenvalue weighted by molar-refractivity contribution is 5.73. The smallest absolute Gasteiger partial charge is 0.313 e. The summed E-state index contributed by atoms with van der Waals surface area (Å²) in [6.07, 6.45) is 3.69. The molecule has 0 aromatic carbocycles. The zero-order chi connectivity index (χ0) is 14.1. The molecule has 1 aromatic rings. The summed E-state index contributed by atoms with van der Waals surface area (Å²) in [4.78, 5) is 26.7. The van der Waals surface area contributed by atoms with Gasteiger partial charge in [-0.15, -0.1) is 0 Å². The van der Waals surface area contributed by atoms with Gasteiger partial charge in [-0.3, -0.25) is 14.6 Å². The number of rotatable bonds is 7. The highest BCUT2D eigenvalue weighted by Crippen LogP contribution is 2.04. The van der Waals surface area contributed by atoms with Crippen LogP contribution in [0, 0.1) is 0 Å². The Morgan fingerprint density at radius 3 is 2.63 bits per heavy atom. The van der Waals surface area contributed by atoms with Crippen molar-refractivity contribution in [2.75, 3.05) is 6.79 Å². The Morgan fingerprint density at radius 1 is 1.21 bits per heavy atom. The van der Waals surface area contributed by atoms with Gasteiger partial charge in [-0.2, -0.15) is 0 Å². The minimum Gasteiger partial charge on any atom is -0.428 e. The zero-order valence-corrected chi connectivity index (χ0v) is 11.3. The molecule has 0 amide bonds. The fourth-order valence-electron chi connectivity index (χ4n) is 1.49. The van der Waals surface area contributed by atoms with Crippen LogP contribution in [0.15, 0.2) is 18.3 Å². The molecule has 0 saturated heterocycles. The minimum atomic E-state index is -0.419. The molecular formula is C14H19NO4. The molecule has 0 N–H and O–H groups in total. The van der Waals surface area contributed by atoms with Crippen molar-refractivity contribution in [2.45, 2.75) is 39.5 Å². The molecule has 0 aliphatic heterocycles. The molecule has 0 saturated carbocycles. The number of esters is 2. The lowest BCUT2D eigenvalue weighted by atomic mass is 10.1. The molecule has 1 aromatic heterocycles. The van der Waals surface area contributed by atoms with Gasteiger partial charge in [0.15, 0.2) is 0 Å². The number of ether oxygens (including phenoxy) is 2. The first-order valence-electron chi connectivity index (χ1n) is 6.40. The van der Waals surface area contributed by atoms with Gasteiger partial charge >= 0.3 is 11.9 Å². The van der Waals surface area contributed by atoms with Crippen LogP contribution in [0.2, 0.25) is 0 Å². The summed E-state index contributed by atoms with van der Waals surface area (Å²) >= 11 is 0. The molecule has 0 spiro atoms. The molecule has 0 fully saturated rings. The van der Waals surface area contributed by atoms with Gasteiger partial charge in [0.2, 0.25) is 6.79 Å². The van der Waals surface area contributed by atoms with Crippen LogP contribution in [0.1, 0.15) is 37.9 Å². The maximum absolute atomic E-state index is 11.5. The van der Waals surface area contributed by atoms with E-state index in [1.54, 1.807) is 12.3 Å².